The first-order valence-corrected chi connectivity index (χ1v) is 7.04. The van der Waals surface area contributed by atoms with Gasteiger partial charge in [0.2, 0.25) is 0 Å². The van der Waals surface area contributed by atoms with E-state index in [1.54, 1.807) is 0 Å². The molecule has 2 aromatic rings. The van der Waals surface area contributed by atoms with Gasteiger partial charge >= 0.3 is 0 Å². The van der Waals surface area contributed by atoms with Crippen LogP contribution in [0, 0.1) is 0 Å². The molecule has 0 aliphatic carbocycles. The van der Waals surface area contributed by atoms with Crippen molar-refractivity contribution in [1.29, 1.82) is 0 Å². The van der Waals surface area contributed by atoms with Crippen molar-refractivity contribution in [3.05, 3.63) is 53.6 Å². The van der Waals surface area contributed by atoms with Crippen molar-refractivity contribution in [2.24, 2.45) is 0 Å². The second-order valence-corrected chi connectivity index (χ2v) is 4.80. The molecule has 2 rings (SSSR count). The Morgan fingerprint density at radius 2 is 1.95 bits per heavy atom. The van der Waals surface area contributed by atoms with Crippen molar-refractivity contribution in [3.8, 4) is 0 Å². The maximum atomic E-state index is 4.42. The minimum absolute atomic E-state index is 0.451. The van der Waals surface area contributed by atoms with Crippen LogP contribution < -0.4 is 5.32 Å². The summed E-state index contributed by atoms with van der Waals surface area (Å²) >= 11 is 0. The zero-order chi connectivity index (χ0) is 13.7. The molecular formula is C16H23N3. The third-order valence-corrected chi connectivity index (χ3v) is 3.64. The van der Waals surface area contributed by atoms with Crippen LogP contribution >= 0.6 is 0 Å². The molecule has 3 heteroatoms. The third kappa shape index (κ3) is 3.24. The fourth-order valence-corrected chi connectivity index (χ4v) is 2.45. The number of benzene rings is 1. The molecule has 0 spiro atoms. The van der Waals surface area contributed by atoms with Crippen LogP contribution in [0.3, 0.4) is 0 Å². The summed E-state index contributed by atoms with van der Waals surface area (Å²) in [7, 11) is 2.01. The molecule has 1 aromatic carbocycles. The summed E-state index contributed by atoms with van der Waals surface area (Å²) in [4.78, 5) is 4.42. The average molecular weight is 257 g/mol. The van der Waals surface area contributed by atoms with Crippen molar-refractivity contribution in [1.82, 2.24) is 14.9 Å². The number of rotatable bonds is 6. The molecule has 0 aliphatic rings. The second-order valence-electron chi connectivity index (χ2n) is 4.80. The summed E-state index contributed by atoms with van der Waals surface area (Å²) in [6.45, 7) is 5.32. The van der Waals surface area contributed by atoms with Gasteiger partial charge in [-0.05, 0) is 31.5 Å². The van der Waals surface area contributed by atoms with Crippen molar-refractivity contribution < 1.29 is 0 Å². The predicted octanol–water partition coefficient (Wildman–Crippen LogP) is 3.16. The first-order chi connectivity index (χ1) is 9.28. The molecule has 0 saturated carbocycles. The van der Waals surface area contributed by atoms with Gasteiger partial charge in [0, 0.05) is 31.4 Å². The predicted molar refractivity (Wildman–Crippen MR) is 79.2 cm³/mol. The van der Waals surface area contributed by atoms with Crippen LogP contribution in [0.1, 0.15) is 43.3 Å². The number of aromatic nitrogens is 2. The van der Waals surface area contributed by atoms with Crippen LogP contribution in [0.15, 0.2) is 36.7 Å². The van der Waals surface area contributed by atoms with E-state index >= 15 is 0 Å². The Balaban J connectivity index is 2.10. The highest BCUT2D eigenvalue weighted by molar-refractivity contribution is 5.27. The Morgan fingerprint density at radius 1 is 1.21 bits per heavy atom. The Bertz CT molecular complexity index is 495. The topological polar surface area (TPSA) is 29.9 Å². The number of hydrogen-bond acceptors (Lipinski definition) is 2. The van der Waals surface area contributed by atoms with Gasteiger partial charge in [-0.25, -0.2) is 4.98 Å². The normalized spacial score (nSPS) is 12.6. The van der Waals surface area contributed by atoms with Gasteiger partial charge in [-0.2, -0.15) is 0 Å². The van der Waals surface area contributed by atoms with Gasteiger partial charge in [-0.1, -0.05) is 31.2 Å². The molecule has 3 nitrogen and oxygen atoms in total. The van der Waals surface area contributed by atoms with Crippen molar-refractivity contribution in [2.75, 3.05) is 7.05 Å². The van der Waals surface area contributed by atoms with E-state index in [-0.39, 0.29) is 0 Å². The fraction of sp³-hybridized carbons (Fsp3) is 0.438. The number of nitrogens with one attached hydrogen (secondary N) is 1. The second kappa shape index (κ2) is 6.53. The minimum atomic E-state index is 0.451. The van der Waals surface area contributed by atoms with Gasteiger partial charge in [-0.3, -0.25) is 0 Å². The van der Waals surface area contributed by atoms with E-state index in [9.17, 15) is 0 Å². The smallest absolute Gasteiger partial charge is 0.113 e. The highest BCUT2D eigenvalue weighted by atomic mass is 15.0. The summed E-state index contributed by atoms with van der Waals surface area (Å²) in [6, 6.07) is 9.32. The zero-order valence-electron chi connectivity index (χ0n) is 12.1. The molecule has 19 heavy (non-hydrogen) atoms. The van der Waals surface area contributed by atoms with Gasteiger partial charge in [0.05, 0.1) is 0 Å². The molecule has 102 valence electrons. The van der Waals surface area contributed by atoms with E-state index in [1.165, 1.54) is 11.1 Å². The van der Waals surface area contributed by atoms with Crippen LogP contribution in [0.25, 0.3) is 0 Å². The van der Waals surface area contributed by atoms with E-state index in [1.807, 2.05) is 19.4 Å². The van der Waals surface area contributed by atoms with Crippen LogP contribution in [0.5, 0.6) is 0 Å². The maximum Gasteiger partial charge on any atom is 0.113 e. The average Bonchev–Trinajstić information content (AvgIpc) is 2.89. The molecule has 0 bridgehead atoms. The highest BCUT2D eigenvalue weighted by Crippen LogP contribution is 2.17. The van der Waals surface area contributed by atoms with Crippen molar-refractivity contribution in [2.45, 2.75) is 39.3 Å². The van der Waals surface area contributed by atoms with E-state index < -0.39 is 0 Å². The molecule has 0 fully saturated rings. The Hall–Kier alpha value is -1.61. The lowest BCUT2D eigenvalue weighted by Gasteiger charge is -2.14. The molecule has 1 aromatic heterocycles. The molecule has 1 atom stereocenters. The quantitative estimate of drug-likeness (QED) is 0.861. The lowest BCUT2D eigenvalue weighted by Crippen LogP contribution is -2.15. The minimum Gasteiger partial charge on any atom is -0.335 e. The largest absolute Gasteiger partial charge is 0.335 e. The molecule has 1 unspecified atom stereocenters. The lowest BCUT2D eigenvalue weighted by atomic mass is 10.0. The van der Waals surface area contributed by atoms with Gasteiger partial charge in [0.1, 0.15) is 5.82 Å². The summed E-state index contributed by atoms with van der Waals surface area (Å²) in [5.41, 5.74) is 2.67. The zero-order valence-corrected chi connectivity index (χ0v) is 12.1. The first kappa shape index (κ1) is 13.8. The number of hydrogen-bond donors (Lipinski definition) is 1. The third-order valence-electron chi connectivity index (χ3n) is 3.64. The molecular weight excluding hydrogens is 234 g/mol. The van der Waals surface area contributed by atoms with Crippen LogP contribution in [0.4, 0.5) is 0 Å². The monoisotopic (exact) mass is 257 g/mol. The lowest BCUT2D eigenvalue weighted by molar-refractivity contribution is 0.577. The molecule has 0 radical (unpaired) electrons. The molecule has 1 N–H and O–H groups in total. The SMILES string of the molecule is CCC(NC)c1ccc(Cc2nccn2CC)cc1. The van der Waals surface area contributed by atoms with Gasteiger partial charge in [0.15, 0.2) is 0 Å². The summed E-state index contributed by atoms with van der Waals surface area (Å²) in [6.07, 6.45) is 5.92. The van der Waals surface area contributed by atoms with Crippen molar-refractivity contribution in [3.63, 3.8) is 0 Å². The molecule has 0 aliphatic heterocycles. The van der Waals surface area contributed by atoms with Crippen LogP contribution in [-0.2, 0) is 13.0 Å². The van der Waals surface area contributed by atoms with Crippen LogP contribution in [-0.4, -0.2) is 16.6 Å². The Kier molecular flexibility index (Phi) is 4.74. The Morgan fingerprint density at radius 3 is 2.53 bits per heavy atom. The Labute approximate surface area is 115 Å². The first-order valence-electron chi connectivity index (χ1n) is 7.04. The fourth-order valence-electron chi connectivity index (χ4n) is 2.45. The molecule has 0 amide bonds. The summed E-state index contributed by atoms with van der Waals surface area (Å²) < 4.78 is 2.19. The number of nitrogens with zero attached hydrogens (tertiary/aromatic N) is 2. The van der Waals surface area contributed by atoms with E-state index in [4.69, 9.17) is 0 Å². The van der Waals surface area contributed by atoms with E-state index in [2.05, 4.69) is 53.0 Å². The van der Waals surface area contributed by atoms with Gasteiger partial charge < -0.3 is 9.88 Å². The standard InChI is InChI=1S/C16H23N3/c1-4-15(17-3)14-8-6-13(7-9-14)12-16-18-10-11-19(16)5-2/h6-11,15,17H,4-5,12H2,1-3H3. The number of imidazole rings is 1. The van der Waals surface area contributed by atoms with E-state index in [0.29, 0.717) is 6.04 Å². The molecule has 0 saturated heterocycles. The van der Waals surface area contributed by atoms with Crippen molar-refractivity contribution >= 4 is 0 Å². The molecule has 1 heterocycles. The maximum absolute atomic E-state index is 4.42. The highest BCUT2D eigenvalue weighted by Gasteiger charge is 2.07. The van der Waals surface area contributed by atoms with E-state index in [0.717, 1.165) is 25.2 Å². The summed E-state index contributed by atoms with van der Waals surface area (Å²) in [5, 5.41) is 3.33. The van der Waals surface area contributed by atoms with Gasteiger partial charge in [0.25, 0.3) is 0 Å². The number of aryl methyl sites for hydroxylation is 1. The summed E-state index contributed by atoms with van der Waals surface area (Å²) in [5.74, 6) is 1.14. The van der Waals surface area contributed by atoms with Crippen LogP contribution in [0.2, 0.25) is 0 Å². The van der Waals surface area contributed by atoms with Gasteiger partial charge in [-0.15, -0.1) is 0 Å².